The van der Waals surface area contributed by atoms with Gasteiger partial charge in [0.15, 0.2) is 6.10 Å². The van der Waals surface area contributed by atoms with Gasteiger partial charge in [-0.1, -0.05) is 197 Å². The van der Waals surface area contributed by atoms with Crippen LogP contribution in [0.2, 0.25) is 0 Å². The molecule has 0 aliphatic rings. The summed E-state index contributed by atoms with van der Waals surface area (Å²) < 4.78 is 39.4. The number of allylic oxidation sites excluding steroid dienone is 28. The lowest BCUT2D eigenvalue weighted by Crippen LogP contribution is -2.30. The highest BCUT2D eigenvalue weighted by Gasteiger charge is 2.28. The van der Waals surface area contributed by atoms with Gasteiger partial charge in [-0.2, -0.15) is 0 Å². The fraction of sp³-hybridized carbons (Fsp3) is 0.530. The van der Waals surface area contributed by atoms with E-state index in [1.807, 2.05) is 12.2 Å². The third-order valence-corrected chi connectivity index (χ3v) is 12.1. The van der Waals surface area contributed by atoms with Gasteiger partial charge in [-0.05, 0) is 141 Å². The highest BCUT2D eigenvalue weighted by molar-refractivity contribution is 7.47. The van der Waals surface area contributed by atoms with Crippen LogP contribution >= 0.6 is 7.82 Å². The van der Waals surface area contributed by atoms with Gasteiger partial charge in [0.2, 0.25) is 0 Å². The van der Waals surface area contributed by atoms with Gasteiger partial charge in [-0.3, -0.25) is 23.4 Å². The third-order valence-electron chi connectivity index (χ3n) is 11.1. The van der Waals surface area contributed by atoms with Gasteiger partial charge in [0.25, 0.3) is 0 Å². The van der Waals surface area contributed by atoms with Crippen LogP contribution in [0.5, 0.6) is 0 Å². The average Bonchev–Trinajstić information content (AvgIpc) is 3.43. The normalized spacial score (nSPS) is 14.6. The summed E-state index contributed by atoms with van der Waals surface area (Å²) in [6.07, 6.45) is 77.5. The number of rotatable bonds is 51. The first-order valence-electron chi connectivity index (χ1n) is 29.0. The minimum Gasteiger partial charge on any atom is -0.462 e. The fourth-order valence-corrected chi connectivity index (χ4v) is 7.60. The van der Waals surface area contributed by atoms with E-state index >= 15 is 0 Å². The van der Waals surface area contributed by atoms with E-state index in [0.29, 0.717) is 25.7 Å². The second-order valence-corrected chi connectivity index (χ2v) is 19.8. The van der Waals surface area contributed by atoms with Crippen molar-refractivity contribution in [2.24, 2.45) is 0 Å². The molecule has 0 aliphatic heterocycles. The molecule has 0 spiro atoms. The lowest BCUT2D eigenvalue weighted by Gasteiger charge is -2.21. The first kappa shape index (κ1) is 72.8. The molecule has 0 fully saturated rings. The molecule has 3 atom stereocenters. The van der Waals surface area contributed by atoms with Crippen LogP contribution < -0.4 is 0 Å². The number of unbranched alkanes of at least 4 members (excludes halogenated alkanes) is 6. The Morgan fingerprint density at radius 2 is 0.641 bits per heavy atom. The van der Waals surface area contributed by atoms with Crippen molar-refractivity contribution in [1.82, 2.24) is 0 Å². The van der Waals surface area contributed by atoms with Crippen LogP contribution in [0.1, 0.15) is 188 Å². The number of phosphoric acid groups is 1. The number of hydrogen-bond donors (Lipinski definition) is 2. The Morgan fingerprint density at radius 3 is 1.01 bits per heavy atom. The number of carbonyl (C=O) groups excluding carboxylic acids is 3. The Balaban J connectivity index is 4.94. The lowest BCUT2D eigenvalue weighted by molar-refractivity contribution is -0.161. The van der Waals surface area contributed by atoms with E-state index in [0.717, 1.165) is 122 Å². The van der Waals surface area contributed by atoms with E-state index in [-0.39, 0.29) is 19.3 Å². The Labute approximate surface area is 472 Å². The van der Waals surface area contributed by atoms with Crippen LogP contribution in [0.15, 0.2) is 170 Å². The van der Waals surface area contributed by atoms with E-state index in [1.165, 1.54) is 0 Å². The van der Waals surface area contributed by atoms with Crippen molar-refractivity contribution < 1.29 is 52.2 Å². The van der Waals surface area contributed by atoms with Crippen LogP contribution in [0.25, 0.3) is 0 Å². The van der Waals surface area contributed by atoms with Gasteiger partial charge in [0, 0.05) is 19.3 Å². The molecule has 0 saturated carbocycles. The van der Waals surface area contributed by atoms with E-state index < -0.39 is 64.4 Å². The van der Waals surface area contributed by atoms with E-state index in [2.05, 4.69) is 179 Å². The van der Waals surface area contributed by atoms with Crippen molar-refractivity contribution in [1.29, 1.82) is 0 Å². The average molecular weight is 1100 g/mol. The largest absolute Gasteiger partial charge is 0.472 e. The number of aliphatic hydroxyl groups is 1. The summed E-state index contributed by atoms with van der Waals surface area (Å²) in [7, 11) is -4.80. The molecule has 0 amide bonds. The van der Waals surface area contributed by atoms with Crippen LogP contribution in [0, 0.1) is 0 Å². The number of ether oxygens (including phenoxy) is 3. The third kappa shape index (κ3) is 55.6. The molecule has 0 saturated heterocycles. The quantitative estimate of drug-likeness (QED) is 0.0197. The Bertz CT molecular complexity index is 1960. The molecule has 78 heavy (non-hydrogen) atoms. The van der Waals surface area contributed by atoms with Gasteiger partial charge in [-0.25, -0.2) is 4.57 Å². The number of carbonyl (C=O) groups is 3. The molecule has 11 nitrogen and oxygen atoms in total. The number of phosphoric ester groups is 1. The van der Waals surface area contributed by atoms with Crippen molar-refractivity contribution in [2.45, 2.75) is 200 Å². The van der Waals surface area contributed by atoms with Crippen LogP contribution in [-0.4, -0.2) is 66.5 Å². The maximum absolute atomic E-state index is 12.9. The summed E-state index contributed by atoms with van der Waals surface area (Å²) in [6.45, 7) is 4.12. The molecule has 3 unspecified atom stereocenters. The topological polar surface area (TPSA) is 155 Å². The standard InChI is InChI=1S/C66H101O11P/c1-4-7-10-13-16-19-22-25-28-30-31-33-35-37-40-43-46-49-52-55-64(68)73-59-63(77-66(70)57-54-51-48-45-42-39-36-32-29-26-23-20-17-14-11-8-5-2)61-75-78(71,72)74-60-62(58-67)76-65(69)56-53-50-47-44-41-38-34-27-24-21-18-15-12-9-6-3/h7-12,16-21,25-29,31,33-34,36-37,39-41,44-45,48,62-63,67H,4-6,13-15,22-24,30,32,35,38,42-43,46-47,49-61H2,1-3H3,(H,71,72)/b10-7-,11-8-,12-9-,19-16-,20-17-,21-18-,28-25-,29-26-,33-31-,34-27-,39-36-,40-37-,44-41-,48-45-. The van der Waals surface area contributed by atoms with Crippen LogP contribution in [0.3, 0.4) is 0 Å². The van der Waals surface area contributed by atoms with Crippen molar-refractivity contribution >= 4 is 25.7 Å². The molecular weight excluding hydrogens is 1000 g/mol. The molecular formula is C66H101O11P. The van der Waals surface area contributed by atoms with Gasteiger partial charge in [0.05, 0.1) is 19.8 Å². The molecule has 0 aromatic carbocycles. The van der Waals surface area contributed by atoms with Gasteiger partial charge in [0.1, 0.15) is 12.7 Å². The summed E-state index contributed by atoms with van der Waals surface area (Å²) in [5.41, 5.74) is 0. The second-order valence-electron chi connectivity index (χ2n) is 18.3. The highest BCUT2D eigenvalue weighted by Crippen LogP contribution is 2.43. The van der Waals surface area contributed by atoms with Crippen molar-refractivity contribution in [3.8, 4) is 0 Å². The SMILES string of the molecule is CC/C=C\C/C=C\C/C=C\C/C=C\C/C=C\CCCCCC(=O)OCC(COP(=O)(O)OCC(CO)OC(=O)CCCC/C=C\C/C=C\C/C=C\C/C=C\CC)OC(=O)CCC/C=C\C/C=C\C/C=C\C/C=C\C/C=C\CC. The minimum absolute atomic E-state index is 0.0674. The first-order valence-corrected chi connectivity index (χ1v) is 30.5. The minimum atomic E-state index is -4.80. The molecule has 0 rings (SSSR count). The van der Waals surface area contributed by atoms with Crippen molar-refractivity contribution in [3.05, 3.63) is 170 Å². The predicted molar refractivity (Wildman–Crippen MR) is 325 cm³/mol. The van der Waals surface area contributed by atoms with Crippen molar-refractivity contribution in [2.75, 3.05) is 26.4 Å². The number of aliphatic hydroxyl groups excluding tert-OH is 1. The maximum atomic E-state index is 12.9. The zero-order valence-electron chi connectivity index (χ0n) is 48.0. The predicted octanol–water partition coefficient (Wildman–Crippen LogP) is 17.5. The Kier molecular flexibility index (Phi) is 54.2. The summed E-state index contributed by atoms with van der Waals surface area (Å²) in [6, 6.07) is 0. The van der Waals surface area contributed by atoms with Crippen LogP contribution in [-0.2, 0) is 42.2 Å². The van der Waals surface area contributed by atoms with E-state index in [1.54, 1.807) is 0 Å². The summed E-state index contributed by atoms with van der Waals surface area (Å²) in [5, 5.41) is 9.81. The molecule has 0 heterocycles. The van der Waals surface area contributed by atoms with Crippen molar-refractivity contribution in [3.63, 3.8) is 0 Å². The van der Waals surface area contributed by atoms with Gasteiger partial charge >= 0.3 is 25.7 Å². The lowest BCUT2D eigenvalue weighted by atomic mass is 10.1. The fourth-order valence-electron chi connectivity index (χ4n) is 6.82. The molecule has 2 N–H and O–H groups in total. The van der Waals surface area contributed by atoms with E-state index in [9.17, 15) is 28.9 Å². The molecule has 0 radical (unpaired) electrons. The number of esters is 3. The molecule has 0 aliphatic carbocycles. The summed E-state index contributed by atoms with van der Waals surface area (Å²) in [5.74, 6) is -1.64. The zero-order valence-corrected chi connectivity index (χ0v) is 48.9. The smallest absolute Gasteiger partial charge is 0.462 e. The Morgan fingerprint density at radius 1 is 0.359 bits per heavy atom. The molecule has 0 aromatic heterocycles. The number of hydrogen-bond acceptors (Lipinski definition) is 10. The summed E-state index contributed by atoms with van der Waals surface area (Å²) in [4.78, 5) is 48.6. The molecule has 0 aromatic rings. The van der Waals surface area contributed by atoms with E-state index in [4.69, 9.17) is 23.3 Å². The van der Waals surface area contributed by atoms with Gasteiger partial charge in [-0.15, -0.1) is 0 Å². The Hall–Kier alpha value is -5.16. The highest BCUT2D eigenvalue weighted by atomic mass is 31.2. The molecule has 0 bridgehead atoms. The van der Waals surface area contributed by atoms with Gasteiger partial charge < -0.3 is 24.2 Å². The summed E-state index contributed by atoms with van der Waals surface area (Å²) >= 11 is 0. The molecule has 12 heteroatoms. The monoisotopic (exact) mass is 1100 g/mol. The molecule has 436 valence electrons. The van der Waals surface area contributed by atoms with Crippen LogP contribution in [0.4, 0.5) is 0 Å². The second kappa shape index (κ2) is 58.0. The first-order chi connectivity index (χ1) is 38.2. The zero-order chi connectivity index (χ0) is 56.9. The maximum Gasteiger partial charge on any atom is 0.472 e.